The van der Waals surface area contributed by atoms with Crippen molar-refractivity contribution in [2.24, 2.45) is 0 Å². The number of carbonyl (C=O) groups is 1. The summed E-state index contributed by atoms with van der Waals surface area (Å²) in [7, 11) is -3.39. The fraction of sp³-hybridized carbons (Fsp3) is 0.700. The first-order valence-corrected chi connectivity index (χ1v) is 15.8. The van der Waals surface area contributed by atoms with Crippen LogP contribution in [0.2, 0.25) is 0 Å². The van der Waals surface area contributed by atoms with Gasteiger partial charge in [0.1, 0.15) is 5.60 Å². The van der Waals surface area contributed by atoms with Crippen molar-refractivity contribution in [2.75, 3.05) is 13.2 Å². The molecule has 0 aliphatic heterocycles. The second-order valence-corrected chi connectivity index (χ2v) is 13.1. The molecule has 1 unspecified atom stereocenters. The van der Waals surface area contributed by atoms with Crippen molar-refractivity contribution in [3.8, 4) is 0 Å². The van der Waals surface area contributed by atoms with Crippen molar-refractivity contribution in [1.82, 2.24) is 5.32 Å². The summed E-state index contributed by atoms with van der Waals surface area (Å²) in [4.78, 5) is 12.8. The number of ether oxygens (including phenoxy) is 1. The average Bonchev–Trinajstić information content (AvgIpc) is 3.24. The molecule has 0 saturated heterocycles. The van der Waals surface area contributed by atoms with E-state index < -0.39 is 24.8 Å². The number of carbonyl (C=O) groups excluding carboxylic acids is 1. The molecule has 1 aromatic carbocycles. The predicted octanol–water partition coefficient (Wildman–Crippen LogP) is 8.90. The molecule has 37 heavy (non-hydrogen) atoms. The zero-order chi connectivity index (χ0) is 27.4. The zero-order valence-corrected chi connectivity index (χ0v) is 24.9. The minimum atomic E-state index is -3.39. The van der Waals surface area contributed by atoms with Gasteiger partial charge in [-0.25, -0.2) is 4.79 Å². The van der Waals surface area contributed by atoms with Gasteiger partial charge in [0.15, 0.2) is 0 Å². The first kappa shape index (κ1) is 31.6. The van der Waals surface area contributed by atoms with Crippen molar-refractivity contribution in [1.29, 1.82) is 0 Å². The molecule has 0 heterocycles. The summed E-state index contributed by atoms with van der Waals surface area (Å²) < 4.78 is 29.6. The molecule has 0 radical (unpaired) electrons. The lowest BCUT2D eigenvalue weighted by molar-refractivity contribution is 0.0478. The van der Waals surface area contributed by atoms with Gasteiger partial charge in [0.25, 0.3) is 0 Å². The Kier molecular flexibility index (Phi) is 12.9. The van der Waals surface area contributed by atoms with E-state index in [2.05, 4.69) is 36.5 Å². The molecule has 2 atom stereocenters. The van der Waals surface area contributed by atoms with Crippen LogP contribution in [0.25, 0.3) is 0 Å². The SMILES string of the molecule is CCCCCCCCc1ccc(C2CC[C@@](/C=C/P(=O)(OCC)OCC)(NC(=O)OC(C)(C)C)C2)cc1. The average molecular weight is 536 g/mol. The van der Waals surface area contributed by atoms with Gasteiger partial charge in [-0.3, -0.25) is 4.57 Å². The summed E-state index contributed by atoms with van der Waals surface area (Å²) in [6.07, 6.45) is 12.6. The summed E-state index contributed by atoms with van der Waals surface area (Å²) in [5.74, 6) is 1.80. The van der Waals surface area contributed by atoms with Crippen molar-refractivity contribution < 1.29 is 23.1 Å². The van der Waals surface area contributed by atoms with Gasteiger partial charge in [-0.15, -0.1) is 0 Å². The van der Waals surface area contributed by atoms with Crippen LogP contribution in [0.3, 0.4) is 0 Å². The Morgan fingerprint density at radius 1 is 1.03 bits per heavy atom. The molecule has 7 heteroatoms. The largest absolute Gasteiger partial charge is 0.444 e. The maximum Gasteiger partial charge on any atom is 0.408 e. The van der Waals surface area contributed by atoms with Crippen molar-refractivity contribution in [3.05, 3.63) is 47.3 Å². The van der Waals surface area contributed by atoms with Crippen LogP contribution >= 0.6 is 7.60 Å². The fourth-order valence-electron chi connectivity index (χ4n) is 4.96. The highest BCUT2D eigenvalue weighted by Gasteiger charge is 2.41. The van der Waals surface area contributed by atoms with Gasteiger partial charge in [-0.05, 0) is 83.8 Å². The summed E-state index contributed by atoms with van der Waals surface area (Å²) >= 11 is 0. The highest BCUT2D eigenvalue weighted by atomic mass is 31.2. The third-order valence-corrected chi connectivity index (χ3v) is 8.51. The number of hydrogen-bond acceptors (Lipinski definition) is 5. The Morgan fingerprint density at radius 3 is 2.24 bits per heavy atom. The second kappa shape index (κ2) is 15.1. The number of aryl methyl sites for hydroxylation is 1. The van der Waals surface area contributed by atoms with Crippen LogP contribution in [0, 0.1) is 0 Å². The Bertz CT molecular complexity index is 882. The Morgan fingerprint density at radius 2 is 1.65 bits per heavy atom. The topological polar surface area (TPSA) is 73.9 Å². The van der Waals surface area contributed by atoms with Gasteiger partial charge >= 0.3 is 13.7 Å². The summed E-state index contributed by atoms with van der Waals surface area (Å²) in [6.45, 7) is 11.9. The minimum absolute atomic E-state index is 0.279. The van der Waals surface area contributed by atoms with Gasteiger partial charge in [-0.2, -0.15) is 0 Å². The molecule has 1 saturated carbocycles. The van der Waals surface area contributed by atoms with Gasteiger partial charge < -0.3 is 19.1 Å². The Labute approximate surface area is 225 Å². The quantitative estimate of drug-likeness (QED) is 0.179. The van der Waals surface area contributed by atoms with Crippen LogP contribution in [-0.4, -0.2) is 30.4 Å². The van der Waals surface area contributed by atoms with Gasteiger partial charge in [-0.1, -0.05) is 69.4 Å². The van der Waals surface area contributed by atoms with E-state index in [0.29, 0.717) is 12.8 Å². The van der Waals surface area contributed by atoms with E-state index in [4.69, 9.17) is 13.8 Å². The third kappa shape index (κ3) is 11.3. The molecule has 0 bridgehead atoms. The van der Waals surface area contributed by atoms with Crippen molar-refractivity contribution in [2.45, 2.75) is 123 Å². The van der Waals surface area contributed by atoms with Crippen molar-refractivity contribution in [3.63, 3.8) is 0 Å². The van der Waals surface area contributed by atoms with E-state index in [1.165, 1.54) is 55.5 Å². The van der Waals surface area contributed by atoms with E-state index in [0.717, 1.165) is 12.8 Å². The molecule has 6 nitrogen and oxygen atoms in total. The maximum absolute atomic E-state index is 13.1. The highest BCUT2D eigenvalue weighted by molar-refractivity contribution is 7.57. The van der Waals surface area contributed by atoms with Crippen molar-refractivity contribution >= 4 is 13.7 Å². The number of unbranched alkanes of at least 4 members (excludes halogenated alkanes) is 5. The summed E-state index contributed by atoms with van der Waals surface area (Å²) in [5, 5.41) is 3.09. The van der Waals surface area contributed by atoms with E-state index in [1.807, 2.05) is 26.8 Å². The molecule has 1 aliphatic rings. The van der Waals surface area contributed by atoms with Crippen LogP contribution in [0.1, 0.15) is 116 Å². The monoisotopic (exact) mass is 535 g/mol. The standard InChI is InChI=1S/C30H50NO5P/c1-7-10-11-12-13-14-15-25-16-18-26(19-17-25)27-20-21-30(24-27,31-28(32)36-29(4,5)6)22-23-37(33,34-8-2)35-9-3/h16-19,22-23,27H,7-15,20-21,24H2,1-6H3,(H,31,32)/b23-22+/t27?,30-/m0/s1. The molecule has 1 N–H and O–H groups in total. The molecule has 0 aromatic heterocycles. The zero-order valence-electron chi connectivity index (χ0n) is 24.0. The molecule has 2 rings (SSSR count). The van der Waals surface area contributed by atoms with E-state index in [-0.39, 0.29) is 19.1 Å². The first-order valence-electron chi connectivity index (χ1n) is 14.2. The molecule has 1 fully saturated rings. The fourth-order valence-corrected chi connectivity index (χ4v) is 6.39. The first-order chi connectivity index (χ1) is 17.5. The van der Waals surface area contributed by atoms with Crippen LogP contribution in [0.15, 0.2) is 36.2 Å². The van der Waals surface area contributed by atoms with Gasteiger partial charge in [0, 0.05) is 5.82 Å². The molecular weight excluding hydrogens is 485 g/mol. The number of benzene rings is 1. The van der Waals surface area contributed by atoms with E-state index >= 15 is 0 Å². The Hall–Kier alpha value is -1.62. The van der Waals surface area contributed by atoms with Crippen LogP contribution < -0.4 is 5.32 Å². The molecule has 210 valence electrons. The molecule has 1 aromatic rings. The molecular formula is C30H50NO5P. The van der Waals surface area contributed by atoms with Gasteiger partial charge in [0.05, 0.1) is 18.8 Å². The number of alkyl carbamates (subject to hydrolysis) is 1. The Balaban J connectivity index is 2.12. The number of rotatable bonds is 15. The number of nitrogens with one attached hydrogen (secondary N) is 1. The summed E-state index contributed by atoms with van der Waals surface area (Å²) in [6, 6.07) is 8.96. The number of hydrogen-bond donors (Lipinski definition) is 1. The molecule has 1 amide bonds. The predicted molar refractivity (Wildman–Crippen MR) is 152 cm³/mol. The second-order valence-electron chi connectivity index (χ2n) is 11.2. The maximum atomic E-state index is 13.1. The van der Waals surface area contributed by atoms with Gasteiger partial charge in [0.2, 0.25) is 0 Å². The lowest BCUT2D eigenvalue weighted by Gasteiger charge is -2.30. The lowest BCUT2D eigenvalue weighted by Crippen LogP contribution is -2.47. The molecule has 1 aliphatic carbocycles. The third-order valence-electron chi connectivity index (χ3n) is 6.76. The smallest absolute Gasteiger partial charge is 0.408 e. The van der Waals surface area contributed by atoms with E-state index in [9.17, 15) is 9.36 Å². The van der Waals surface area contributed by atoms with Crippen LogP contribution in [0.5, 0.6) is 0 Å². The number of amides is 1. The van der Waals surface area contributed by atoms with E-state index in [1.54, 1.807) is 13.8 Å². The molecule has 0 spiro atoms. The minimum Gasteiger partial charge on any atom is -0.444 e. The van der Waals surface area contributed by atoms with Crippen LogP contribution in [0.4, 0.5) is 4.79 Å². The lowest BCUT2D eigenvalue weighted by atomic mass is 9.91. The normalized spacial score (nSPS) is 20.4. The van der Waals surface area contributed by atoms with Crippen LogP contribution in [-0.2, 0) is 24.8 Å². The highest BCUT2D eigenvalue weighted by Crippen LogP contribution is 2.51. The summed E-state index contributed by atoms with van der Waals surface area (Å²) in [5.41, 5.74) is 1.36.